The maximum Gasteiger partial charge on any atom is 0.181 e. The molecule has 0 aliphatic rings. The molecule has 5 heteroatoms. The quantitative estimate of drug-likeness (QED) is 0.718. The lowest BCUT2D eigenvalue weighted by molar-refractivity contribution is 0.475. The standard InChI is InChI=1S/C13H10N4O/c18-11-3-1-2-10(8-11)13-15-12(16-17-13)9-4-6-14-7-5-9/h1-8,18H,(H,15,16,17). The maximum absolute atomic E-state index is 9.42. The molecule has 88 valence electrons. The van der Waals surface area contributed by atoms with Crippen molar-refractivity contribution < 1.29 is 5.11 Å². The maximum atomic E-state index is 9.42. The molecule has 2 aromatic heterocycles. The van der Waals surface area contributed by atoms with E-state index in [1.165, 1.54) is 0 Å². The zero-order chi connectivity index (χ0) is 12.4. The summed E-state index contributed by atoms with van der Waals surface area (Å²) >= 11 is 0. The Hall–Kier alpha value is -2.69. The van der Waals surface area contributed by atoms with Crippen molar-refractivity contribution in [2.75, 3.05) is 0 Å². The number of hydrogen-bond acceptors (Lipinski definition) is 4. The Labute approximate surface area is 103 Å². The molecule has 0 unspecified atom stereocenters. The van der Waals surface area contributed by atoms with Gasteiger partial charge in [0.2, 0.25) is 0 Å². The molecular weight excluding hydrogens is 228 g/mol. The SMILES string of the molecule is Oc1cccc(-c2n[nH]c(-c3ccncc3)n2)c1. The smallest absolute Gasteiger partial charge is 0.181 e. The number of hydrogen-bond donors (Lipinski definition) is 2. The number of phenolic OH excluding ortho intramolecular Hbond substituents is 1. The van der Waals surface area contributed by atoms with E-state index in [1.54, 1.807) is 30.6 Å². The summed E-state index contributed by atoms with van der Waals surface area (Å²) in [6.45, 7) is 0. The number of nitrogens with one attached hydrogen (secondary N) is 1. The summed E-state index contributed by atoms with van der Waals surface area (Å²) in [5, 5.41) is 16.4. The second-order valence-corrected chi connectivity index (χ2v) is 3.79. The summed E-state index contributed by atoms with van der Waals surface area (Å²) in [7, 11) is 0. The Kier molecular flexibility index (Phi) is 2.49. The lowest BCUT2D eigenvalue weighted by atomic mass is 10.2. The first-order valence-electron chi connectivity index (χ1n) is 5.45. The number of aromatic amines is 1. The van der Waals surface area contributed by atoms with Gasteiger partial charge in [-0.05, 0) is 24.3 Å². The molecule has 0 fully saturated rings. The van der Waals surface area contributed by atoms with E-state index in [1.807, 2.05) is 18.2 Å². The fraction of sp³-hybridized carbons (Fsp3) is 0. The molecule has 1 aromatic carbocycles. The van der Waals surface area contributed by atoms with Gasteiger partial charge in [-0.1, -0.05) is 12.1 Å². The summed E-state index contributed by atoms with van der Waals surface area (Å²) in [4.78, 5) is 8.34. The molecule has 2 heterocycles. The predicted octanol–water partition coefficient (Wildman–Crippen LogP) is 2.24. The number of benzene rings is 1. The first-order chi connectivity index (χ1) is 8.83. The number of nitrogens with zero attached hydrogens (tertiary/aromatic N) is 3. The third-order valence-electron chi connectivity index (χ3n) is 2.54. The van der Waals surface area contributed by atoms with E-state index in [-0.39, 0.29) is 5.75 Å². The van der Waals surface area contributed by atoms with Gasteiger partial charge in [-0.3, -0.25) is 10.1 Å². The molecule has 0 saturated carbocycles. The van der Waals surface area contributed by atoms with Crippen molar-refractivity contribution in [1.29, 1.82) is 0 Å². The van der Waals surface area contributed by atoms with Crippen molar-refractivity contribution in [3.8, 4) is 28.5 Å². The number of aromatic nitrogens is 4. The van der Waals surface area contributed by atoms with Crippen molar-refractivity contribution in [3.63, 3.8) is 0 Å². The van der Waals surface area contributed by atoms with Crippen LogP contribution in [0.4, 0.5) is 0 Å². The molecule has 0 atom stereocenters. The van der Waals surface area contributed by atoms with Crippen molar-refractivity contribution in [2.24, 2.45) is 0 Å². The second kappa shape index (κ2) is 4.29. The number of rotatable bonds is 2. The van der Waals surface area contributed by atoms with E-state index in [0.29, 0.717) is 11.6 Å². The predicted molar refractivity (Wildman–Crippen MR) is 66.7 cm³/mol. The largest absolute Gasteiger partial charge is 0.508 e. The first-order valence-corrected chi connectivity index (χ1v) is 5.45. The number of aromatic hydroxyl groups is 1. The van der Waals surface area contributed by atoms with Gasteiger partial charge in [0.25, 0.3) is 0 Å². The second-order valence-electron chi connectivity index (χ2n) is 3.79. The Bertz CT molecular complexity index is 664. The van der Waals surface area contributed by atoms with E-state index >= 15 is 0 Å². The van der Waals surface area contributed by atoms with Gasteiger partial charge in [-0.15, -0.1) is 0 Å². The van der Waals surface area contributed by atoms with Crippen molar-refractivity contribution in [1.82, 2.24) is 20.2 Å². The third kappa shape index (κ3) is 1.93. The molecular formula is C13H10N4O. The topological polar surface area (TPSA) is 74.7 Å². The molecule has 0 spiro atoms. The van der Waals surface area contributed by atoms with Crippen LogP contribution < -0.4 is 0 Å². The highest BCUT2D eigenvalue weighted by atomic mass is 16.3. The van der Waals surface area contributed by atoms with Gasteiger partial charge in [-0.2, -0.15) is 5.10 Å². The monoisotopic (exact) mass is 238 g/mol. The van der Waals surface area contributed by atoms with Crippen LogP contribution in [0.15, 0.2) is 48.8 Å². The normalized spacial score (nSPS) is 10.4. The van der Waals surface area contributed by atoms with Crippen LogP contribution in [0.5, 0.6) is 5.75 Å². The lowest BCUT2D eigenvalue weighted by Crippen LogP contribution is -1.81. The van der Waals surface area contributed by atoms with Gasteiger partial charge in [0.05, 0.1) is 0 Å². The molecule has 0 aliphatic heterocycles. The van der Waals surface area contributed by atoms with Gasteiger partial charge in [0, 0.05) is 23.5 Å². The van der Waals surface area contributed by atoms with Crippen molar-refractivity contribution in [3.05, 3.63) is 48.8 Å². The van der Waals surface area contributed by atoms with Gasteiger partial charge >= 0.3 is 0 Å². The van der Waals surface area contributed by atoms with Gasteiger partial charge in [0.15, 0.2) is 11.6 Å². The van der Waals surface area contributed by atoms with E-state index < -0.39 is 0 Å². The van der Waals surface area contributed by atoms with Crippen molar-refractivity contribution >= 4 is 0 Å². The number of H-pyrrole nitrogens is 1. The highest BCUT2D eigenvalue weighted by molar-refractivity contribution is 5.61. The molecule has 0 radical (unpaired) electrons. The third-order valence-corrected chi connectivity index (χ3v) is 2.54. The molecule has 18 heavy (non-hydrogen) atoms. The molecule has 0 saturated heterocycles. The summed E-state index contributed by atoms with van der Waals surface area (Å²) < 4.78 is 0. The van der Waals surface area contributed by atoms with Crippen LogP contribution in [0, 0.1) is 0 Å². The highest BCUT2D eigenvalue weighted by Crippen LogP contribution is 2.22. The fourth-order valence-corrected chi connectivity index (χ4v) is 1.67. The van der Waals surface area contributed by atoms with Crippen LogP contribution in [0.1, 0.15) is 0 Å². The molecule has 5 nitrogen and oxygen atoms in total. The van der Waals surface area contributed by atoms with E-state index in [2.05, 4.69) is 20.2 Å². The molecule has 3 rings (SSSR count). The number of phenols is 1. The zero-order valence-corrected chi connectivity index (χ0v) is 9.41. The molecule has 2 N–H and O–H groups in total. The van der Waals surface area contributed by atoms with Gasteiger partial charge in [-0.25, -0.2) is 4.98 Å². The Balaban J connectivity index is 2.00. The van der Waals surface area contributed by atoms with E-state index in [9.17, 15) is 5.11 Å². The summed E-state index contributed by atoms with van der Waals surface area (Å²) in [5.74, 6) is 1.43. The Morgan fingerprint density at radius 2 is 1.83 bits per heavy atom. The lowest BCUT2D eigenvalue weighted by Gasteiger charge is -1.95. The Morgan fingerprint density at radius 3 is 2.61 bits per heavy atom. The van der Waals surface area contributed by atoms with Crippen LogP contribution in [0.25, 0.3) is 22.8 Å². The Morgan fingerprint density at radius 1 is 1.00 bits per heavy atom. The highest BCUT2D eigenvalue weighted by Gasteiger charge is 2.07. The van der Waals surface area contributed by atoms with Crippen LogP contribution in [0.2, 0.25) is 0 Å². The van der Waals surface area contributed by atoms with Crippen LogP contribution in [-0.4, -0.2) is 25.3 Å². The zero-order valence-electron chi connectivity index (χ0n) is 9.41. The molecule has 0 aliphatic carbocycles. The fourth-order valence-electron chi connectivity index (χ4n) is 1.67. The summed E-state index contributed by atoms with van der Waals surface area (Å²) in [5.41, 5.74) is 1.69. The minimum absolute atomic E-state index is 0.197. The minimum Gasteiger partial charge on any atom is -0.508 e. The average Bonchev–Trinajstić information content (AvgIpc) is 2.89. The summed E-state index contributed by atoms with van der Waals surface area (Å²) in [6, 6.07) is 10.5. The minimum atomic E-state index is 0.197. The molecule has 0 bridgehead atoms. The average molecular weight is 238 g/mol. The first kappa shape index (κ1) is 10.5. The number of pyridine rings is 1. The van der Waals surface area contributed by atoms with E-state index in [0.717, 1.165) is 11.1 Å². The van der Waals surface area contributed by atoms with Crippen molar-refractivity contribution in [2.45, 2.75) is 0 Å². The van der Waals surface area contributed by atoms with Crippen LogP contribution >= 0.6 is 0 Å². The van der Waals surface area contributed by atoms with Crippen LogP contribution in [-0.2, 0) is 0 Å². The van der Waals surface area contributed by atoms with Crippen LogP contribution in [0.3, 0.4) is 0 Å². The van der Waals surface area contributed by atoms with Gasteiger partial charge in [0.1, 0.15) is 5.75 Å². The van der Waals surface area contributed by atoms with Gasteiger partial charge < -0.3 is 5.11 Å². The van der Waals surface area contributed by atoms with E-state index in [4.69, 9.17) is 0 Å². The molecule has 0 amide bonds. The molecule has 3 aromatic rings. The summed E-state index contributed by atoms with van der Waals surface area (Å²) in [6.07, 6.45) is 3.40.